The van der Waals surface area contributed by atoms with E-state index in [1.165, 1.54) is 24.3 Å². The number of halogens is 2. The summed E-state index contributed by atoms with van der Waals surface area (Å²) in [5, 5.41) is 2.92. The second-order valence-electron chi connectivity index (χ2n) is 6.08. The molecule has 0 saturated heterocycles. The third kappa shape index (κ3) is 4.33. The van der Waals surface area contributed by atoms with Crippen LogP contribution in [-0.2, 0) is 18.3 Å². The molecule has 0 spiro atoms. The smallest absolute Gasteiger partial charge is 0.221 e. The normalized spacial score (nSPS) is 12.0. The van der Waals surface area contributed by atoms with Crippen molar-refractivity contribution in [2.45, 2.75) is 18.9 Å². The van der Waals surface area contributed by atoms with E-state index in [1.807, 2.05) is 7.05 Å². The van der Waals surface area contributed by atoms with Gasteiger partial charge < -0.3 is 9.88 Å². The van der Waals surface area contributed by atoms with Crippen molar-refractivity contribution in [3.05, 3.63) is 89.5 Å². The molecule has 0 fully saturated rings. The van der Waals surface area contributed by atoms with Gasteiger partial charge >= 0.3 is 0 Å². The number of amides is 1. The van der Waals surface area contributed by atoms with Crippen molar-refractivity contribution < 1.29 is 13.6 Å². The highest BCUT2D eigenvalue weighted by atomic mass is 19.1. The highest BCUT2D eigenvalue weighted by Gasteiger charge is 2.21. The molecular weight excluding hydrogens is 336 g/mol. The fraction of sp³-hybridized carbons (Fsp3) is 0.200. The SMILES string of the molecule is Cn1ccnc1C(NC(=O)CCc1ccc(F)cc1)c1cccc(F)c1. The summed E-state index contributed by atoms with van der Waals surface area (Å²) in [4.78, 5) is 16.7. The van der Waals surface area contributed by atoms with Gasteiger partial charge in [0.2, 0.25) is 5.91 Å². The number of aryl methyl sites for hydroxylation is 2. The Balaban J connectivity index is 1.74. The zero-order valence-electron chi connectivity index (χ0n) is 14.3. The maximum absolute atomic E-state index is 13.6. The van der Waals surface area contributed by atoms with Crippen molar-refractivity contribution >= 4 is 5.91 Å². The first-order valence-corrected chi connectivity index (χ1v) is 8.29. The predicted octanol–water partition coefficient (Wildman–Crippen LogP) is 3.54. The van der Waals surface area contributed by atoms with Gasteiger partial charge in [0, 0.05) is 25.9 Å². The lowest BCUT2D eigenvalue weighted by Crippen LogP contribution is -2.31. The average Bonchev–Trinajstić information content (AvgIpc) is 3.05. The van der Waals surface area contributed by atoms with E-state index in [1.54, 1.807) is 41.2 Å². The van der Waals surface area contributed by atoms with Crippen molar-refractivity contribution in [3.63, 3.8) is 0 Å². The van der Waals surface area contributed by atoms with Gasteiger partial charge in [-0.05, 0) is 41.8 Å². The average molecular weight is 355 g/mol. The molecule has 6 heteroatoms. The lowest BCUT2D eigenvalue weighted by atomic mass is 10.0. The molecule has 0 aliphatic carbocycles. The number of benzene rings is 2. The Bertz CT molecular complexity index is 890. The Hall–Kier alpha value is -3.02. The summed E-state index contributed by atoms with van der Waals surface area (Å²) in [5.41, 5.74) is 1.50. The second kappa shape index (κ2) is 7.91. The van der Waals surface area contributed by atoms with Crippen LogP contribution >= 0.6 is 0 Å². The molecule has 2 aromatic carbocycles. The summed E-state index contributed by atoms with van der Waals surface area (Å²) in [6, 6.07) is 11.6. The fourth-order valence-corrected chi connectivity index (χ4v) is 2.78. The Labute approximate surface area is 150 Å². The van der Waals surface area contributed by atoms with Crippen LogP contribution in [0.3, 0.4) is 0 Å². The zero-order valence-corrected chi connectivity index (χ0v) is 14.3. The van der Waals surface area contributed by atoms with Gasteiger partial charge in [0.1, 0.15) is 23.5 Å². The van der Waals surface area contributed by atoms with Gasteiger partial charge in [-0.25, -0.2) is 13.8 Å². The standard InChI is InChI=1S/C20H19F2N3O/c1-25-12-11-23-20(25)19(15-3-2-4-17(22)13-15)24-18(26)10-7-14-5-8-16(21)9-6-14/h2-6,8-9,11-13,19H,7,10H2,1H3,(H,24,26). The van der Waals surface area contributed by atoms with Crippen molar-refractivity contribution in [1.82, 2.24) is 14.9 Å². The van der Waals surface area contributed by atoms with Crippen LogP contribution in [0.25, 0.3) is 0 Å². The van der Waals surface area contributed by atoms with Gasteiger partial charge in [0.05, 0.1) is 0 Å². The Morgan fingerprint density at radius 3 is 2.58 bits per heavy atom. The molecule has 3 aromatic rings. The van der Waals surface area contributed by atoms with Crippen LogP contribution in [0.15, 0.2) is 60.9 Å². The molecule has 1 heterocycles. The van der Waals surface area contributed by atoms with Crippen LogP contribution in [0, 0.1) is 11.6 Å². The summed E-state index contributed by atoms with van der Waals surface area (Å²) in [6.07, 6.45) is 4.13. The Morgan fingerprint density at radius 1 is 1.15 bits per heavy atom. The minimum Gasteiger partial charge on any atom is -0.342 e. The number of aromatic nitrogens is 2. The minimum atomic E-state index is -0.550. The van der Waals surface area contributed by atoms with E-state index in [0.717, 1.165) is 5.56 Å². The molecule has 1 atom stereocenters. The number of carbonyl (C=O) groups excluding carboxylic acids is 1. The van der Waals surface area contributed by atoms with Crippen LogP contribution in [-0.4, -0.2) is 15.5 Å². The van der Waals surface area contributed by atoms with E-state index in [4.69, 9.17) is 0 Å². The Morgan fingerprint density at radius 2 is 1.92 bits per heavy atom. The number of nitrogens with one attached hydrogen (secondary N) is 1. The first kappa shape index (κ1) is 17.8. The molecule has 134 valence electrons. The van der Waals surface area contributed by atoms with Crippen molar-refractivity contribution in [1.29, 1.82) is 0 Å². The van der Waals surface area contributed by atoms with Crippen LogP contribution in [0.1, 0.15) is 29.4 Å². The van der Waals surface area contributed by atoms with E-state index in [0.29, 0.717) is 17.8 Å². The van der Waals surface area contributed by atoms with Crippen LogP contribution in [0.2, 0.25) is 0 Å². The fourth-order valence-electron chi connectivity index (χ4n) is 2.78. The number of nitrogens with zero attached hydrogens (tertiary/aromatic N) is 2. The van der Waals surface area contributed by atoms with Crippen LogP contribution in [0.5, 0.6) is 0 Å². The molecular formula is C20H19F2N3O. The van der Waals surface area contributed by atoms with E-state index >= 15 is 0 Å². The maximum atomic E-state index is 13.6. The van der Waals surface area contributed by atoms with Crippen LogP contribution in [0.4, 0.5) is 8.78 Å². The molecule has 0 bridgehead atoms. The third-order valence-corrected chi connectivity index (χ3v) is 4.16. The highest BCUT2D eigenvalue weighted by molar-refractivity contribution is 5.77. The number of carbonyl (C=O) groups is 1. The van der Waals surface area contributed by atoms with Gasteiger partial charge in [-0.2, -0.15) is 0 Å². The predicted molar refractivity (Wildman–Crippen MR) is 94.3 cm³/mol. The highest BCUT2D eigenvalue weighted by Crippen LogP contribution is 2.21. The molecule has 0 aliphatic heterocycles. The van der Waals surface area contributed by atoms with E-state index < -0.39 is 6.04 Å². The molecule has 4 nitrogen and oxygen atoms in total. The lowest BCUT2D eigenvalue weighted by molar-refractivity contribution is -0.121. The molecule has 26 heavy (non-hydrogen) atoms. The summed E-state index contributed by atoms with van der Waals surface area (Å²) < 4.78 is 28.4. The molecule has 0 saturated carbocycles. The van der Waals surface area contributed by atoms with E-state index in [2.05, 4.69) is 10.3 Å². The van der Waals surface area contributed by atoms with Crippen molar-refractivity contribution in [2.75, 3.05) is 0 Å². The number of imidazole rings is 1. The minimum absolute atomic E-state index is 0.188. The molecule has 0 radical (unpaired) electrons. The van der Waals surface area contributed by atoms with Gasteiger partial charge in [-0.1, -0.05) is 24.3 Å². The first-order valence-electron chi connectivity index (χ1n) is 8.29. The second-order valence-corrected chi connectivity index (χ2v) is 6.08. The molecule has 3 rings (SSSR count). The third-order valence-electron chi connectivity index (χ3n) is 4.16. The quantitative estimate of drug-likeness (QED) is 0.735. The molecule has 1 N–H and O–H groups in total. The Kier molecular flexibility index (Phi) is 5.41. The van der Waals surface area contributed by atoms with Crippen molar-refractivity contribution in [2.24, 2.45) is 7.05 Å². The molecule has 0 aliphatic rings. The van der Waals surface area contributed by atoms with Gasteiger partial charge in [0.25, 0.3) is 0 Å². The number of rotatable bonds is 6. The van der Waals surface area contributed by atoms with Crippen LogP contribution < -0.4 is 5.32 Å². The first-order chi connectivity index (χ1) is 12.5. The summed E-state index contributed by atoms with van der Waals surface area (Å²) in [5.74, 6) is -0.251. The molecule has 1 aromatic heterocycles. The number of hydrogen-bond acceptors (Lipinski definition) is 2. The van der Waals surface area contributed by atoms with Gasteiger partial charge in [0.15, 0.2) is 0 Å². The van der Waals surface area contributed by atoms with Crippen molar-refractivity contribution in [3.8, 4) is 0 Å². The van der Waals surface area contributed by atoms with E-state index in [-0.39, 0.29) is 24.0 Å². The summed E-state index contributed by atoms with van der Waals surface area (Å²) in [6.45, 7) is 0. The molecule has 1 unspecified atom stereocenters. The summed E-state index contributed by atoms with van der Waals surface area (Å²) in [7, 11) is 1.82. The monoisotopic (exact) mass is 355 g/mol. The molecule has 1 amide bonds. The van der Waals surface area contributed by atoms with Gasteiger partial charge in [-0.3, -0.25) is 4.79 Å². The zero-order chi connectivity index (χ0) is 18.5. The largest absolute Gasteiger partial charge is 0.342 e. The van der Waals surface area contributed by atoms with E-state index in [9.17, 15) is 13.6 Å². The topological polar surface area (TPSA) is 46.9 Å². The van der Waals surface area contributed by atoms with Gasteiger partial charge in [-0.15, -0.1) is 0 Å². The maximum Gasteiger partial charge on any atom is 0.221 e. The summed E-state index contributed by atoms with van der Waals surface area (Å²) >= 11 is 0. The lowest BCUT2D eigenvalue weighted by Gasteiger charge is -2.19. The number of hydrogen-bond donors (Lipinski definition) is 1.